The second-order valence-electron chi connectivity index (χ2n) is 2.95. The Balaban J connectivity index is 0.000000354. The van der Waals surface area contributed by atoms with E-state index in [0.717, 1.165) is 19.4 Å². The molecule has 70 valence electrons. The number of allylic oxidation sites excluding steroid dienone is 1. The zero-order chi connectivity index (χ0) is 9.56. The van der Waals surface area contributed by atoms with E-state index in [2.05, 4.69) is 6.58 Å². The smallest absolute Gasteiger partial charge is 0.234 e. The minimum atomic E-state index is -0.185. The van der Waals surface area contributed by atoms with Gasteiger partial charge in [-0.3, -0.25) is 9.69 Å². The van der Waals surface area contributed by atoms with Gasteiger partial charge in [-0.05, 0) is 33.4 Å². The highest BCUT2D eigenvalue weighted by Gasteiger charge is 2.24. The van der Waals surface area contributed by atoms with Crippen molar-refractivity contribution < 1.29 is 4.79 Å². The fraction of sp³-hybridized carbons (Fsp3) is 0.667. The number of amides is 1. The molecule has 12 heavy (non-hydrogen) atoms. The van der Waals surface area contributed by atoms with Crippen molar-refractivity contribution in [1.29, 1.82) is 0 Å². The molecule has 0 aromatic heterocycles. The molecule has 1 fully saturated rings. The minimum Gasteiger partial charge on any atom is -0.368 e. The van der Waals surface area contributed by atoms with Gasteiger partial charge >= 0.3 is 0 Å². The zero-order valence-corrected chi connectivity index (χ0v) is 7.92. The molecule has 3 nitrogen and oxygen atoms in total. The molecule has 0 bridgehead atoms. The van der Waals surface area contributed by atoms with Crippen LogP contribution in [0, 0.1) is 0 Å². The van der Waals surface area contributed by atoms with Crippen LogP contribution in [0.4, 0.5) is 0 Å². The van der Waals surface area contributed by atoms with Gasteiger partial charge in [0.2, 0.25) is 5.91 Å². The van der Waals surface area contributed by atoms with Crippen molar-refractivity contribution in [2.75, 3.05) is 13.6 Å². The third-order valence-electron chi connectivity index (χ3n) is 1.85. The highest BCUT2D eigenvalue weighted by atomic mass is 16.1. The van der Waals surface area contributed by atoms with E-state index in [0.29, 0.717) is 0 Å². The van der Waals surface area contributed by atoms with Crippen LogP contribution < -0.4 is 5.73 Å². The van der Waals surface area contributed by atoms with Crippen LogP contribution in [0.15, 0.2) is 12.7 Å². The molecular weight excluding hydrogens is 152 g/mol. The molecule has 1 atom stereocenters. The molecule has 1 amide bonds. The van der Waals surface area contributed by atoms with E-state index in [9.17, 15) is 4.79 Å². The van der Waals surface area contributed by atoms with Gasteiger partial charge in [-0.1, -0.05) is 6.08 Å². The predicted molar refractivity (Wildman–Crippen MR) is 50.7 cm³/mol. The summed E-state index contributed by atoms with van der Waals surface area (Å²) in [7, 11) is 1.93. The Labute approximate surface area is 74.2 Å². The van der Waals surface area contributed by atoms with Crippen molar-refractivity contribution in [2.24, 2.45) is 5.73 Å². The molecule has 0 aromatic carbocycles. The highest BCUT2D eigenvalue weighted by molar-refractivity contribution is 5.80. The van der Waals surface area contributed by atoms with Crippen molar-refractivity contribution in [2.45, 2.75) is 25.8 Å². The van der Waals surface area contributed by atoms with Crippen molar-refractivity contribution in [3.63, 3.8) is 0 Å². The summed E-state index contributed by atoms with van der Waals surface area (Å²) in [6, 6.07) is 0.00463. The Morgan fingerprint density at radius 1 is 1.75 bits per heavy atom. The SMILES string of the molecule is C=CC.CN1CCCC1C(N)=O. The van der Waals surface area contributed by atoms with Crippen LogP contribution in [0.25, 0.3) is 0 Å². The quantitative estimate of drug-likeness (QED) is 0.590. The Morgan fingerprint density at radius 2 is 2.25 bits per heavy atom. The van der Waals surface area contributed by atoms with Crippen molar-refractivity contribution in [3.8, 4) is 0 Å². The number of carbonyl (C=O) groups excluding carboxylic acids is 1. The van der Waals surface area contributed by atoms with E-state index in [1.807, 2.05) is 18.9 Å². The van der Waals surface area contributed by atoms with Gasteiger partial charge in [0, 0.05) is 0 Å². The Bertz CT molecular complexity index is 157. The van der Waals surface area contributed by atoms with Gasteiger partial charge < -0.3 is 5.73 Å². The molecule has 3 heteroatoms. The van der Waals surface area contributed by atoms with E-state index in [-0.39, 0.29) is 11.9 Å². The molecule has 0 aliphatic carbocycles. The van der Waals surface area contributed by atoms with Crippen LogP contribution >= 0.6 is 0 Å². The van der Waals surface area contributed by atoms with Crippen molar-refractivity contribution in [1.82, 2.24) is 4.90 Å². The van der Waals surface area contributed by atoms with Gasteiger partial charge in [-0.2, -0.15) is 0 Å². The number of carbonyl (C=O) groups is 1. The number of hydrogen-bond donors (Lipinski definition) is 1. The minimum absolute atomic E-state index is 0.00463. The first-order chi connectivity index (χ1) is 5.63. The summed E-state index contributed by atoms with van der Waals surface area (Å²) >= 11 is 0. The third-order valence-corrected chi connectivity index (χ3v) is 1.85. The molecule has 1 heterocycles. The molecule has 1 aliphatic rings. The van der Waals surface area contributed by atoms with Gasteiger partial charge in [-0.15, -0.1) is 6.58 Å². The van der Waals surface area contributed by atoms with Gasteiger partial charge in [0.05, 0.1) is 6.04 Å². The predicted octanol–water partition coefficient (Wildman–Crippen LogP) is 0.758. The number of rotatable bonds is 1. The van der Waals surface area contributed by atoms with E-state index < -0.39 is 0 Å². The normalized spacial score (nSPS) is 22.7. The summed E-state index contributed by atoms with van der Waals surface area (Å²) in [6.45, 7) is 6.26. The monoisotopic (exact) mass is 170 g/mol. The summed E-state index contributed by atoms with van der Waals surface area (Å²) in [5.74, 6) is -0.185. The summed E-state index contributed by atoms with van der Waals surface area (Å²) in [6.07, 6.45) is 3.79. The number of likely N-dealkylation sites (tertiary alicyclic amines) is 1. The number of likely N-dealkylation sites (N-methyl/N-ethyl adjacent to an activating group) is 1. The number of nitrogens with zero attached hydrogens (tertiary/aromatic N) is 1. The molecule has 1 saturated heterocycles. The van der Waals surface area contributed by atoms with E-state index in [1.54, 1.807) is 6.08 Å². The van der Waals surface area contributed by atoms with Crippen molar-refractivity contribution >= 4 is 5.91 Å². The maximum absolute atomic E-state index is 10.6. The van der Waals surface area contributed by atoms with Crippen LogP contribution in [0.2, 0.25) is 0 Å². The highest BCUT2D eigenvalue weighted by Crippen LogP contribution is 2.13. The van der Waals surface area contributed by atoms with Crippen LogP contribution in [-0.4, -0.2) is 30.4 Å². The van der Waals surface area contributed by atoms with Gasteiger partial charge in [0.15, 0.2) is 0 Å². The number of primary amides is 1. The second-order valence-corrected chi connectivity index (χ2v) is 2.95. The molecule has 1 rings (SSSR count). The molecular formula is C9H18N2O. The molecule has 0 saturated carbocycles. The lowest BCUT2D eigenvalue weighted by atomic mass is 10.2. The Hall–Kier alpha value is -0.830. The largest absolute Gasteiger partial charge is 0.368 e. The fourth-order valence-electron chi connectivity index (χ4n) is 1.27. The molecule has 1 aliphatic heterocycles. The first kappa shape index (κ1) is 11.2. The summed E-state index contributed by atoms with van der Waals surface area (Å²) in [5, 5.41) is 0. The van der Waals surface area contributed by atoms with Gasteiger partial charge in [0.1, 0.15) is 0 Å². The molecule has 2 N–H and O–H groups in total. The van der Waals surface area contributed by atoms with Crippen LogP contribution in [0.3, 0.4) is 0 Å². The molecule has 0 aromatic rings. The fourth-order valence-corrected chi connectivity index (χ4v) is 1.27. The topological polar surface area (TPSA) is 46.3 Å². The number of hydrogen-bond acceptors (Lipinski definition) is 2. The molecule has 0 spiro atoms. The van der Waals surface area contributed by atoms with Crippen LogP contribution in [-0.2, 0) is 4.79 Å². The second kappa shape index (κ2) is 5.77. The molecule has 1 unspecified atom stereocenters. The van der Waals surface area contributed by atoms with E-state index >= 15 is 0 Å². The number of nitrogens with two attached hydrogens (primary N) is 1. The summed E-state index contributed by atoms with van der Waals surface area (Å²) < 4.78 is 0. The Kier molecular flexibility index (Phi) is 5.37. The maximum Gasteiger partial charge on any atom is 0.234 e. The van der Waals surface area contributed by atoms with Gasteiger partial charge in [-0.25, -0.2) is 0 Å². The average Bonchev–Trinajstić information content (AvgIpc) is 2.36. The standard InChI is InChI=1S/C6H12N2O.C3H6/c1-8-4-2-3-5(8)6(7)9;1-3-2/h5H,2-4H2,1H3,(H2,7,9);3H,1H2,2H3. The Morgan fingerprint density at radius 3 is 2.42 bits per heavy atom. The van der Waals surface area contributed by atoms with Crippen LogP contribution in [0.5, 0.6) is 0 Å². The maximum atomic E-state index is 10.6. The van der Waals surface area contributed by atoms with Gasteiger partial charge in [0.25, 0.3) is 0 Å². The first-order valence-electron chi connectivity index (χ1n) is 4.20. The lowest BCUT2D eigenvalue weighted by molar-refractivity contribution is -0.121. The van der Waals surface area contributed by atoms with E-state index in [1.165, 1.54) is 0 Å². The van der Waals surface area contributed by atoms with Crippen LogP contribution in [0.1, 0.15) is 19.8 Å². The third kappa shape index (κ3) is 3.53. The summed E-state index contributed by atoms with van der Waals surface area (Å²) in [5.41, 5.74) is 5.11. The van der Waals surface area contributed by atoms with Crippen molar-refractivity contribution in [3.05, 3.63) is 12.7 Å². The van der Waals surface area contributed by atoms with E-state index in [4.69, 9.17) is 5.73 Å². The first-order valence-corrected chi connectivity index (χ1v) is 4.20. The lowest BCUT2D eigenvalue weighted by Crippen LogP contribution is -2.37. The molecule has 0 radical (unpaired) electrons. The average molecular weight is 170 g/mol. The summed E-state index contributed by atoms with van der Waals surface area (Å²) in [4.78, 5) is 12.6. The lowest BCUT2D eigenvalue weighted by Gasteiger charge is -2.14. The zero-order valence-electron chi connectivity index (χ0n) is 7.92.